The normalized spacial score (nSPS) is 15.1. The van der Waals surface area contributed by atoms with Crippen molar-refractivity contribution in [1.82, 2.24) is 9.80 Å². The second-order valence-electron chi connectivity index (χ2n) is 4.82. The molecule has 0 saturated carbocycles. The molecule has 2 rings (SSSR count). The molecular formula is C15H20N2O3. The number of aryl methyl sites for hydroxylation is 1. The smallest absolute Gasteiger partial charge is 0.257 e. The maximum absolute atomic E-state index is 12.6. The van der Waals surface area contributed by atoms with E-state index in [9.17, 15) is 9.59 Å². The molecule has 0 bridgehead atoms. The molecule has 1 saturated heterocycles. The minimum absolute atomic E-state index is 0.0253. The van der Waals surface area contributed by atoms with Gasteiger partial charge in [0.25, 0.3) is 5.91 Å². The molecule has 0 aromatic heterocycles. The number of piperazine rings is 1. The molecule has 20 heavy (non-hydrogen) atoms. The Labute approximate surface area is 119 Å². The van der Waals surface area contributed by atoms with Gasteiger partial charge < -0.3 is 14.5 Å². The fourth-order valence-corrected chi connectivity index (χ4v) is 2.34. The minimum atomic E-state index is -0.0253. The van der Waals surface area contributed by atoms with Crippen LogP contribution in [0, 0.1) is 0 Å². The van der Waals surface area contributed by atoms with Gasteiger partial charge in [0.15, 0.2) is 0 Å². The summed E-state index contributed by atoms with van der Waals surface area (Å²) >= 11 is 0. The van der Waals surface area contributed by atoms with Crippen LogP contribution in [0.3, 0.4) is 0 Å². The molecule has 108 valence electrons. The van der Waals surface area contributed by atoms with E-state index in [4.69, 9.17) is 4.74 Å². The van der Waals surface area contributed by atoms with E-state index in [1.807, 2.05) is 18.2 Å². The molecule has 5 heteroatoms. The second kappa shape index (κ2) is 6.41. The zero-order valence-electron chi connectivity index (χ0n) is 12.0. The van der Waals surface area contributed by atoms with Gasteiger partial charge in [-0.1, -0.05) is 13.0 Å². The van der Waals surface area contributed by atoms with Gasteiger partial charge in [-0.25, -0.2) is 0 Å². The van der Waals surface area contributed by atoms with Gasteiger partial charge in [-0.2, -0.15) is 0 Å². The van der Waals surface area contributed by atoms with Crippen LogP contribution in [-0.2, 0) is 11.2 Å². The lowest BCUT2D eigenvalue weighted by molar-refractivity contribution is -0.119. The van der Waals surface area contributed by atoms with E-state index in [2.05, 4.69) is 6.92 Å². The predicted molar refractivity (Wildman–Crippen MR) is 75.9 cm³/mol. The van der Waals surface area contributed by atoms with Gasteiger partial charge in [-0.15, -0.1) is 0 Å². The Balaban J connectivity index is 2.18. The molecule has 2 amide bonds. The molecule has 5 nitrogen and oxygen atoms in total. The fourth-order valence-electron chi connectivity index (χ4n) is 2.34. The maximum Gasteiger partial charge on any atom is 0.257 e. The summed E-state index contributed by atoms with van der Waals surface area (Å²) < 4.78 is 5.28. The summed E-state index contributed by atoms with van der Waals surface area (Å²) in [5.74, 6) is 0.577. The molecule has 0 spiro atoms. The molecule has 1 aliphatic heterocycles. The van der Waals surface area contributed by atoms with Crippen molar-refractivity contribution in [3.63, 3.8) is 0 Å². The third-order valence-corrected chi connectivity index (χ3v) is 3.65. The predicted octanol–water partition coefficient (Wildman–Crippen LogP) is 1.17. The highest BCUT2D eigenvalue weighted by Crippen LogP contribution is 2.22. The minimum Gasteiger partial charge on any atom is -0.496 e. The van der Waals surface area contributed by atoms with Gasteiger partial charge in [0, 0.05) is 26.2 Å². The quantitative estimate of drug-likeness (QED) is 0.776. The van der Waals surface area contributed by atoms with Crippen LogP contribution in [0.1, 0.15) is 22.8 Å². The topological polar surface area (TPSA) is 49.9 Å². The zero-order chi connectivity index (χ0) is 14.5. The van der Waals surface area contributed by atoms with Crippen molar-refractivity contribution in [2.24, 2.45) is 0 Å². The number of hydrogen-bond donors (Lipinski definition) is 0. The molecule has 1 aliphatic rings. The molecule has 1 aromatic carbocycles. The Morgan fingerprint density at radius 1 is 1.30 bits per heavy atom. The molecule has 0 aliphatic carbocycles. The maximum atomic E-state index is 12.6. The van der Waals surface area contributed by atoms with Crippen LogP contribution in [0.25, 0.3) is 0 Å². The van der Waals surface area contributed by atoms with E-state index < -0.39 is 0 Å². The summed E-state index contributed by atoms with van der Waals surface area (Å²) in [4.78, 5) is 26.7. The largest absolute Gasteiger partial charge is 0.496 e. The van der Waals surface area contributed by atoms with E-state index in [0.29, 0.717) is 37.5 Å². The third-order valence-electron chi connectivity index (χ3n) is 3.65. The molecule has 0 unspecified atom stereocenters. The van der Waals surface area contributed by atoms with E-state index in [0.717, 1.165) is 18.4 Å². The number of ether oxygens (including phenoxy) is 1. The first-order valence-corrected chi connectivity index (χ1v) is 6.85. The van der Waals surface area contributed by atoms with Crippen molar-refractivity contribution in [3.8, 4) is 5.75 Å². The molecular weight excluding hydrogens is 256 g/mol. The van der Waals surface area contributed by atoms with Crippen LogP contribution in [0.5, 0.6) is 5.75 Å². The zero-order valence-corrected chi connectivity index (χ0v) is 12.0. The highest BCUT2D eigenvalue weighted by molar-refractivity contribution is 5.97. The van der Waals surface area contributed by atoms with Crippen molar-refractivity contribution in [2.75, 3.05) is 33.3 Å². The number of nitrogens with zero attached hydrogens (tertiary/aromatic N) is 2. The van der Waals surface area contributed by atoms with Crippen LogP contribution in [0.4, 0.5) is 0 Å². The first kappa shape index (κ1) is 14.4. The van der Waals surface area contributed by atoms with Crippen LogP contribution >= 0.6 is 0 Å². The Kier molecular flexibility index (Phi) is 4.61. The second-order valence-corrected chi connectivity index (χ2v) is 4.82. The Hall–Kier alpha value is -2.04. The highest BCUT2D eigenvalue weighted by Gasteiger charge is 2.23. The van der Waals surface area contributed by atoms with Gasteiger partial charge in [0.05, 0.1) is 12.7 Å². The van der Waals surface area contributed by atoms with Crippen molar-refractivity contribution >= 4 is 12.3 Å². The molecule has 1 heterocycles. The SMILES string of the molecule is CCc1ccc(OC)c(C(=O)N2CCN(C=O)CC2)c1. The first-order chi connectivity index (χ1) is 9.69. The lowest BCUT2D eigenvalue weighted by atomic mass is 10.1. The lowest BCUT2D eigenvalue weighted by Crippen LogP contribution is -2.48. The van der Waals surface area contributed by atoms with Crippen molar-refractivity contribution < 1.29 is 14.3 Å². The number of amides is 2. The number of rotatable bonds is 4. The number of benzene rings is 1. The van der Waals surface area contributed by atoms with Gasteiger partial charge in [0.1, 0.15) is 5.75 Å². The van der Waals surface area contributed by atoms with Crippen molar-refractivity contribution in [1.29, 1.82) is 0 Å². The summed E-state index contributed by atoms with van der Waals surface area (Å²) in [6.07, 6.45) is 1.71. The van der Waals surface area contributed by atoms with Gasteiger partial charge in [-0.3, -0.25) is 9.59 Å². The summed E-state index contributed by atoms with van der Waals surface area (Å²) in [7, 11) is 1.57. The number of carbonyl (C=O) groups excluding carboxylic acids is 2. The summed E-state index contributed by atoms with van der Waals surface area (Å²) in [6, 6.07) is 5.71. The van der Waals surface area contributed by atoms with Crippen LogP contribution < -0.4 is 4.74 Å². The Bertz CT molecular complexity index is 494. The standard InChI is InChI=1S/C15H20N2O3/c1-3-12-4-5-14(20-2)13(10-12)15(19)17-8-6-16(11-18)7-9-17/h4-5,10-11H,3,6-9H2,1-2H3. The Morgan fingerprint density at radius 2 is 2.00 bits per heavy atom. The molecule has 1 fully saturated rings. The summed E-state index contributed by atoms with van der Waals surface area (Å²) in [5, 5.41) is 0. The first-order valence-electron chi connectivity index (χ1n) is 6.85. The molecule has 1 aromatic rings. The van der Waals surface area contributed by atoms with Crippen molar-refractivity contribution in [2.45, 2.75) is 13.3 Å². The van der Waals surface area contributed by atoms with E-state index in [1.54, 1.807) is 16.9 Å². The van der Waals surface area contributed by atoms with E-state index in [1.165, 1.54) is 0 Å². The molecule has 0 N–H and O–H groups in total. The molecule has 0 radical (unpaired) electrons. The highest BCUT2D eigenvalue weighted by atomic mass is 16.5. The van der Waals surface area contributed by atoms with Gasteiger partial charge >= 0.3 is 0 Å². The third kappa shape index (κ3) is 2.92. The number of methoxy groups -OCH3 is 1. The van der Waals surface area contributed by atoms with E-state index in [-0.39, 0.29) is 5.91 Å². The molecule has 0 atom stereocenters. The van der Waals surface area contributed by atoms with Crippen LogP contribution in [0.2, 0.25) is 0 Å². The number of carbonyl (C=O) groups is 2. The monoisotopic (exact) mass is 276 g/mol. The van der Waals surface area contributed by atoms with Crippen LogP contribution in [0.15, 0.2) is 18.2 Å². The van der Waals surface area contributed by atoms with Crippen molar-refractivity contribution in [3.05, 3.63) is 29.3 Å². The average molecular weight is 276 g/mol. The van der Waals surface area contributed by atoms with E-state index >= 15 is 0 Å². The average Bonchev–Trinajstić information content (AvgIpc) is 2.53. The summed E-state index contributed by atoms with van der Waals surface area (Å²) in [5.41, 5.74) is 1.71. The summed E-state index contributed by atoms with van der Waals surface area (Å²) in [6.45, 7) is 4.36. The van der Waals surface area contributed by atoms with Crippen LogP contribution in [-0.4, -0.2) is 55.4 Å². The fraction of sp³-hybridized carbons (Fsp3) is 0.467. The van der Waals surface area contributed by atoms with Gasteiger partial charge in [-0.05, 0) is 24.1 Å². The van der Waals surface area contributed by atoms with Gasteiger partial charge in [0.2, 0.25) is 6.41 Å². The lowest BCUT2D eigenvalue weighted by Gasteiger charge is -2.32. The Morgan fingerprint density at radius 3 is 2.55 bits per heavy atom. The number of hydrogen-bond acceptors (Lipinski definition) is 3.